The number of rotatable bonds is 4. The molecule has 4 heteroatoms. The Morgan fingerprint density at radius 1 is 1.38 bits per heavy atom. The van der Waals surface area contributed by atoms with Crippen LogP contribution in [0.3, 0.4) is 0 Å². The van der Waals surface area contributed by atoms with Crippen LogP contribution in [0.4, 0.5) is 0 Å². The van der Waals surface area contributed by atoms with Gasteiger partial charge in [0, 0.05) is 30.7 Å². The Morgan fingerprint density at radius 2 is 2.12 bits per heavy atom. The van der Waals surface area contributed by atoms with Gasteiger partial charge in [0.25, 0.3) is 0 Å². The number of nitrogens with one attached hydrogen (secondary N) is 1. The highest BCUT2D eigenvalue weighted by atomic mass is 15.3. The van der Waals surface area contributed by atoms with Crippen molar-refractivity contribution in [1.29, 1.82) is 0 Å². The monoisotopic (exact) mass is 218 g/mol. The van der Waals surface area contributed by atoms with Gasteiger partial charge < -0.3 is 4.57 Å². The van der Waals surface area contributed by atoms with Crippen LogP contribution in [0.15, 0.2) is 30.5 Å². The van der Waals surface area contributed by atoms with Crippen molar-refractivity contribution in [2.75, 3.05) is 13.7 Å². The van der Waals surface area contributed by atoms with Gasteiger partial charge in [0.05, 0.1) is 6.67 Å². The molecule has 0 bridgehead atoms. The molecule has 0 spiro atoms. The van der Waals surface area contributed by atoms with Crippen LogP contribution >= 0.6 is 0 Å². The quantitative estimate of drug-likeness (QED) is 0.458. The molecular weight excluding hydrogens is 200 g/mol. The Hall–Kier alpha value is -1.36. The highest BCUT2D eigenvalue weighted by Gasteiger charge is 2.07. The molecule has 2 aromatic rings. The summed E-state index contributed by atoms with van der Waals surface area (Å²) in [5.41, 5.74) is 5.26. The van der Waals surface area contributed by atoms with Gasteiger partial charge in [-0.3, -0.25) is 10.7 Å². The Kier molecular flexibility index (Phi) is 3.24. The minimum absolute atomic E-state index is 0.684. The fraction of sp³-hybridized carbons (Fsp3) is 0.333. The summed E-state index contributed by atoms with van der Waals surface area (Å²) in [5.74, 6) is 5.30. The molecule has 1 heterocycles. The summed E-state index contributed by atoms with van der Waals surface area (Å²) in [5, 5.41) is 1.31. The number of benzene rings is 1. The third-order valence-electron chi connectivity index (χ3n) is 2.78. The summed E-state index contributed by atoms with van der Waals surface area (Å²) >= 11 is 0. The van der Waals surface area contributed by atoms with E-state index in [1.807, 2.05) is 7.05 Å². The van der Waals surface area contributed by atoms with E-state index in [9.17, 15) is 0 Å². The largest absolute Gasteiger partial charge is 0.350 e. The standard InChI is InChI=1S/C12H18N4/c1-15(9-14-13)7-10-8-16(2)12-6-4-3-5-11(10)12/h3-6,8,14H,7,9,13H2,1-2H3. The molecule has 0 saturated heterocycles. The van der Waals surface area contributed by atoms with Gasteiger partial charge in [0.1, 0.15) is 0 Å². The Balaban J connectivity index is 2.31. The molecule has 0 atom stereocenters. The van der Waals surface area contributed by atoms with Gasteiger partial charge in [-0.1, -0.05) is 18.2 Å². The van der Waals surface area contributed by atoms with E-state index < -0.39 is 0 Å². The van der Waals surface area contributed by atoms with Crippen LogP contribution in [-0.2, 0) is 13.6 Å². The lowest BCUT2D eigenvalue weighted by Gasteiger charge is -2.14. The Morgan fingerprint density at radius 3 is 2.88 bits per heavy atom. The van der Waals surface area contributed by atoms with Crippen molar-refractivity contribution in [3.05, 3.63) is 36.0 Å². The fourth-order valence-corrected chi connectivity index (χ4v) is 2.05. The normalized spacial score (nSPS) is 11.5. The van der Waals surface area contributed by atoms with E-state index in [1.165, 1.54) is 16.5 Å². The molecular formula is C12H18N4. The molecule has 0 unspecified atom stereocenters. The molecule has 1 aromatic heterocycles. The van der Waals surface area contributed by atoms with Gasteiger partial charge in [-0.2, -0.15) is 0 Å². The van der Waals surface area contributed by atoms with Gasteiger partial charge >= 0.3 is 0 Å². The first kappa shape index (κ1) is 11.1. The van der Waals surface area contributed by atoms with Crippen molar-refractivity contribution in [1.82, 2.24) is 14.9 Å². The molecule has 0 aliphatic heterocycles. The lowest BCUT2D eigenvalue weighted by Crippen LogP contribution is -2.34. The average Bonchev–Trinajstić information content (AvgIpc) is 2.57. The highest BCUT2D eigenvalue weighted by molar-refractivity contribution is 5.83. The Bertz CT molecular complexity index is 475. The number of hydrogen-bond donors (Lipinski definition) is 2. The lowest BCUT2D eigenvalue weighted by molar-refractivity contribution is 0.302. The zero-order valence-corrected chi connectivity index (χ0v) is 9.77. The van der Waals surface area contributed by atoms with Gasteiger partial charge in [-0.15, -0.1) is 0 Å². The van der Waals surface area contributed by atoms with Crippen molar-refractivity contribution in [2.45, 2.75) is 6.54 Å². The molecule has 0 saturated carbocycles. The molecule has 0 aliphatic carbocycles. The van der Waals surface area contributed by atoms with Crippen LogP contribution in [0.5, 0.6) is 0 Å². The van der Waals surface area contributed by atoms with E-state index in [4.69, 9.17) is 5.84 Å². The van der Waals surface area contributed by atoms with E-state index in [0.29, 0.717) is 6.67 Å². The molecule has 4 nitrogen and oxygen atoms in total. The second-order valence-electron chi connectivity index (χ2n) is 4.16. The summed E-state index contributed by atoms with van der Waals surface area (Å²) in [4.78, 5) is 2.14. The SMILES string of the molecule is CN(CNN)Cc1cn(C)c2ccccc12. The number of hydrogen-bond acceptors (Lipinski definition) is 3. The van der Waals surface area contributed by atoms with Crippen molar-refractivity contribution >= 4 is 10.9 Å². The smallest absolute Gasteiger partial charge is 0.0612 e. The van der Waals surface area contributed by atoms with Gasteiger partial charge in [-0.05, 0) is 18.7 Å². The average molecular weight is 218 g/mol. The molecule has 0 aliphatic rings. The van der Waals surface area contributed by atoms with Crippen molar-refractivity contribution in [2.24, 2.45) is 12.9 Å². The molecule has 2 rings (SSSR count). The second-order valence-corrected chi connectivity index (χ2v) is 4.16. The minimum Gasteiger partial charge on any atom is -0.350 e. The van der Waals surface area contributed by atoms with E-state index in [2.05, 4.69) is 52.4 Å². The summed E-state index contributed by atoms with van der Waals surface area (Å²) in [6.07, 6.45) is 2.18. The van der Waals surface area contributed by atoms with Crippen molar-refractivity contribution in [3.8, 4) is 0 Å². The number of hydrazine groups is 1. The first-order valence-corrected chi connectivity index (χ1v) is 5.37. The zero-order valence-electron chi connectivity index (χ0n) is 9.77. The number of aryl methyl sites for hydroxylation is 1. The minimum atomic E-state index is 0.684. The third kappa shape index (κ3) is 2.09. The molecule has 0 amide bonds. The summed E-state index contributed by atoms with van der Waals surface area (Å²) < 4.78 is 2.16. The van der Waals surface area contributed by atoms with Crippen LogP contribution in [0, 0.1) is 0 Å². The maximum absolute atomic E-state index is 5.30. The summed E-state index contributed by atoms with van der Waals surface area (Å²) in [6.45, 7) is 1.58. The Labute approximate surface area is 95.6 Å². The van der Waals surface area contributed by atoms with Crippen LogP contribution in [0.2, 0.25) is 0 Å². The maximum Gasteiger partial charge on any atom is 0.0612 e. The first-order valence-electron chi connectivity index (χ1n) is 5.37. The number of fused-ring (bicyclic) bond motifs is 1. The van der Waals surface area contributed by atoms with Gasteiger partial charge in [-0.25, -0.2) is 5.43 Å². The molecule has 16 heavy (non-hydrogen) atoms. The topological polar surface area (TPSA) is 46.2 Å². The summed E-state index contributed by atoms with van der Waals surface area (Å²) in [6, 6.07) is 8.44. The lowest BCUT2D eigenvalue weighted by atomic mass is 10.2. The van der Waals surface area contributed by atoms with E-state index in [0.717, 1.165) is 6.54 Å². The number of aromatic nitrogens is 1. The molecule has 86 valence electrons. The van der Waals surface area contributed by atoms with E-state index in [-0.39, 0.29) is 0 Å². The second kappa shape index (κ2) is 4.65. The van der Waals surface area contributed by atoms with Gasteiger partial charge in [0.15, 0.2) is 0 Å². The third-order valence-corrected chi connectivity index (χ3v) is 2.78. The molecule has 3 N–H and O–H groups in total. The first-order chi connectivity index (χ1) is 7.72. The molecule has 1 aromatic carbocycles. The maximum atomic E-state index is 5.30. The van der Waals surface area contributed by atoms with E-state index in [1.54, 1.807) is 0 Å². The number of nitrogens with zero attached hydrogens (tertiary/aromatic N) is 2. The summed E-state index contributed by atoms with van der Waals surface area (Å²) in [7, 11) is 4.12. The number of nitrogens with two attached hydrogens (primary N) is 1. The van der Waals surface area contributed by atoms with Crippen LogP contribution in [0.25, 0.3) is 10.9 Å². The molecule has 0 fully saturated rings. The van der Waals surface area contributed by atoms with Crippen LogP contribution in [-0.4, -0.2) is 23.2 Å². The predicted molar refractivity (Wildman–Crippen MR) is 66.6 cm³/mol. The predicted octanol–water partition coefficient (Wildman–Crippen LogP) is 1.03. The van der Waals surface area contributed by atoms with E-state index >= 15 is 0 Å². The van der Waals surface area contributed by atoms with Gasteiger partial charge in [0.2, 0.25) is 0 Å². The highest BCUT2D eigenvalue weighted by Crippen LogP contribution is 2.20. The van der Waals surface area contributed by atoms with Crippen molar-refractivity contribution < 1.29 is 0 Å². The zero-order chi connectivity index (χ0) is 11.5. The van der Waals surface area contributed by atoms with Crippen LogP contribution < -0.4 is 11.3 Å². The number of para-hydroxylation sites is 1. The molecule has 0 radical (unpaired) electrons. The van der Waals surface area contributed by atoms with Crippen molar-refractivity contribution in [3.63, 3.8) is 0 Å². The fourth-order valence-electron chi connectivity index (χ4n) is 2.05. The van der Waals surface area contributed by atoms with Crippen LogP contribution in [0.1, 0.15) is 5.56 Å².